The Morgan fingerprint density at radius 2 is 2.00 bits per heavy atom. The summed E-state index contributed by atoms with van der Waals surface area (Å²) in [6.45, 7) is 4.37. The summed E-state index contributed by atoms with van der Waals surface area (Å²) >= 11 is 1.37. The van der Waals surface area contributed by atoms with Gasteiger partial charge in [-0.1, -0.05) is 6.07 Å². The molecular weight excluding hydrogens is 440 g/mol. The molecule has 0 aliphatic heterocycles. The van der Waals surface area contributed by atoms with Crippen molar-refractivity contribution in [2.75, 3.05) is 13.2 Å². The van der Waals surface area contributed by atoms with Crippen molar-refractivity contribution in [1.82, 2.24) is 9.97 Å². The van der Waals surface area contributed by atoms with Crippen LogP contribution in [0.15, 0.2) is 36.5 Å². The summed E-state index contributed by atoms with van der Waals surface area (Å²) < 4.78 is 11.6. The number of hydrogen-bond acceptors (Lipinski definition) is 7. The van der Waals surface area contributed by atoms with Gasteiger partial charge in [-0.05, 0) is 55.0 Å². The van der Waals surface area contributed by atoms with Gasteiger partial charge in [-0.25, -0.2) is 9.97 Å². The lowest BCUT2D eigenvalue weighted by Crippen LogP contribution is -2.06. The predicted molar refractivity (Wildman–Crippen MR) is 125 cm³/mol. The Balaban J connectivity index is 1.23. The Bertz CT molecular complexity index is 1160. The number of hydrogen-bond donors (Lipinski definition) is 1. The Morgan fingerprint density at radius 1 is 1.18 bits per heavy atom. The van der Waals surface area contributed by atoms with Crippen LogP contribution in [0.4, 0.5) is 0 Å². The molecule has 0 amide bonds. The number of pyridine rings is 1. The second kappa shape index (κ2) is 10.1. The molecule has 1 aliphatic rings. The minimum Gasteiger partial charge on any atom is -0.493 e. The molecule has 0 bridgehead atoms. The fourth-order valence-corrected chi connectivity index (χ4v) is 5.01. The highest BCUT2D eigenvalue weighted by molar-refractivity contribution is 7.17. The van der Waals surface area contributed by atoms with Gasteiger partial charge in [0.2, 0.25) is 5.88 Å². The molecule has 0 spiro atoms. The van der Waals surface area contributed by atoms with Crippen LogP contribution >= 0.6 is 11.3 Å². The number of aryl methyl sites for hydroxylation is 2. The van der Waals surface area contributed by atoms with Gasteiger partial charge in [0, 0.05) is 31.2 Å². The number of carbonyl (C=O) groups excluding carboxylic acids is 1. The smallest absolute Gasteiger partial charge is 0.303 e. The van der Waals surface area contributed by atoms with E-state index in [1.807, 2.05) is 31.2 Å². The highest BCUT2D eigenvalue weighted by Gasteiger charge is 2.24. The molecule has 172 valence electrons. The number of carboxylic acids is 1. The van der Waals surface area contributed by atoms with Gasteiger partial charge in [-0.3, -0.25) is 9.59 Å². The number of Topliss-reactive ketones (excluding diaryl/α,β-unsaturated/α-hetero) is 1. The lowest BCUT2D eigenvalue weighted by molar-refractivity contribution is -0.137. The fourth-order valence-electron chi connectivity index (χ4n) is 4.06. The van der Waals surface area contributed by atoms with Crippen LogP contribution in [-0.4, -0.2) is 40.0 Å². The van der Waals surface area contributed by atoms with Gasteiger partial charge in [-0.2, -0.15) is 0 Å². The number of ketones is 1. The van der Waals surface area contributed by atoms with Gasteiger partial charge in [0.05, 0.1) is 30.2 Å². The van der Waals surface area contributed by atoms with Crippen LogP contribution in [0.2, 0.25) is 0 Å². The molecule has 7 nitrogen and oxygen atoms in total. The molecular formula is C25H26N2O5S. The minimum absolute atomic E-state index is 0.0219. The average molecular weight is 467 g/mol. The zero-order chi connectivity index (χ0) is 23.4. The van der Waals surface area contributed by atoms with Crippen molar-refractivity contribution in [2.24, 2.45) is 0 Å². The Labute approximate surface area is 196 Å². The Kier molecular flexibility index (Phi) is 7.03. The molecule has 0 saturated carbocycles. The number of ether oxygens (including phenoxy) is 2. The molecule has 4 rings (SSSR count). The first-order valence-corrected chi connectivity index (χ1v) is 11.8. The molecule has 1 N–H and O–H groups in total. The van der Waals surface area contributed by atoms with Crippen LogP contribution in [0.5, 0.6) is 11.6 Å². The summed E-state index contributed by atoms with van der Waals surface area (Å²) in [4.78, 5) is 32.1. The number of benzene rings is 1. The van der Waals surface area contributed by atoms with Crippen molar-refractivity contribution < 1.29 is 24.2 Å². The standard InChI is InChI=1S/C25H26N2O5S/c1-15-24(16(2)28)33-25(27-15)19-6-9-22(26-14-19)32-11-3-10-31-20-7-8-21-17(12-20)4-5-18(21)13-23(29)30/h6-9,12,14,18H,3-5,10-11,13H2,1-2H3,(H,29,30). The van der Waals surface area contributed by atoms with Crippen molar-refractivity contribution in [3.05, 3.63) is 58.2 Å². The van der Waals surface area contributed by atoms with E-state index in [4.69, 9.17) is 14.6 Å². The van der Waals surface area contributed by atoms with E-state index >= 15 is 0 Å². The predicted octanol–water partition coefficient (Wildman–Crippen LogP) is 5.07. The van der Waals surface area contributed by atoms with Gasteiger partial charge < -0.3 is 14.6 Å². The molecule has 1 aliphatic carbocycles. The molecule has 0 fully saturated rings. The second-order valence-corrected chi connectivity index (χ2v) is 9.12. The van der Waals surface area contributed by atoms with Gasteiger partial charge in [-0.15, -0.1) is 11.3 Å². The highest BCUT2D eigenvalue weighted by Crippen LogP contribution is 2.37. The first-order valence-electron chi connectivity index (χ1n) is 11.0. The third-order valence-electron chi connectivity index (χ3n) is 5.64. The average Bonchev–Trinajstić information content (AvgIpc) is 3.37. The van der Waals surface area contributed by atoms with Crippen LogP contribution in [0.1, 0.15) is 58.6 Å². The minimum atomic E-state index is -0.752. The molecule has 1 unspecified atom stereocenters. The first kappa shape index (κ1) is 22.9. The van der Waals surface area contributed by atoms with Gasteiger partial charge in [0.15, 0.2) is 5.78 Å². The third kappa shape index (κ3) is 5.57. The molecule has 0 radical (unpaired) electrons. The lowest BCUT2D eigenvalue weighted by Gasteiger charge is -2.11. The largest absolute Gasteiger partial charge is 0.493 e. The number of aliphatic carboxylic acids is 1. The molecule has 2 heterocycles. The van der Waals surface area contributed by atoms with E-state index in [-0.39, 0.29) is 18.1 Å². The van der Waals surface area contributed by atoms with E-state index in [0.717, 1.165) is 40.4 Å². The summed E-state index contributed by atoms with van der Waals surface area (Å²) in [7, 11) is 0. The molecule has 0 saturated heterocycles. The van der Waals surface area contributed by atoms with Gasteiger partial charge in [0.1, 0.15) is 10.8 Å². The van der Waals surface area contributed by atoms with Crippen molar-refractivity contribution >= 4 is 23.1 Å². The lowest BCUT2D eigenvalue weighted by atomic mass is 9.98. The SMILES string of the molecule is CC(=O)c1sc(-c2ccc(OCCCOc3ccc4c(c3)CCC4CC(=O)O)nc2)nc1C. The van der Waals surface area contributed by atoms with Crippen LogP contribution in [0.3, 0.4) is 0 Å². The van der Waals surface area contributed by atoms with E-state index in [1.54, 1.807) is 19.2 Å². The maximum Gasteiger partial charge on any atom is 0.303 e. The van der Waals surface area contributed by atoms with E-state index < -0.39 is 5.97 Å². The zero-order valence-electron chi connectivity index (χ0n) is 18.7. The number of nitrogens with zero attached hydrogens (tertiary/aromatic N) is 2. The third-order valence-corrected chi connectivity index (χ3v) is 6.95. The van der Waals surface area contributed by atoms with Crippen LogP contribution in [-0.2, 0) is 11.2 Å². The summed E-state index contributed by atoms with van der Waals surface area (Å²) in [6.07, 6.45) is 4.37. The summed E-state index contributed by atoms with van der Waals surface area (Å²) in [6, 6.07) is 9.63. The van der Waals surface area contributed by atoms with Crippen LogP contribution in [0, 0.1) is 6.92 Å². The molecule has 1 atom stereocenters. The van der Waals surface area contributed by atoms with Gasteiger partial charge in [0.25, 0.3) is 0 Å². The molecule has 33 heavy (non-hydrogen) atoms. The zero-order valence-corrected chi connectivity index (χ0v) is 19.5. The maximum atomic E-state index is 11.6. The Morgan fingerprint density at radius 3 is 2.70 bits per heavy atom. The van der Waals surface area contributed by atoms with Crippen molar-refractivity contribution in [2.45, 2.75) is 45.4 Å². The first-order chi connectivity index (χ1) is 15.9. The topological polar surface area (TPSA) is 98.6 Å². The maximum absolute atomic E-state index is 11.6. The number of carboxylic acid groups (broad SMARTS) is 1. The van der Waals surface area contributed by atoms with Crippen molar-refractivity contribution in [3.63, 3.8) is 0 Å². The normalized spacial score (nSPS) is 14.7. The molecule has 2 aromatic heterocycles. The van der Waals surface area contributed by atoms with Crippen molar-refractivity contribution in [3.8, 4) is 22.2 Å². The molecule has 8 heteroatoms. The summed E-state index contributed by atoms with van der Waals surface area (Å²) in [5.41, 5.74) is 3.91. The number of thiazole rings is 1. The highest BCUT2D eigenvalue weighted by atomic mass is 32.1. The van der Waals surface area contributed by atoms with Crippen LogP contribution < -0.4 is 9.47 Å². The number of carbonyl (C=O) groups is 2. The number of fused-ring (bicyclic) bond motifs is 1. The monoisotopic (exact) mass is 466 g/mol. The van der Waals surface area contributed by atoms with Gasteiger partial charge >= 0.3 is 5.97 Å². The molecule has 1 aromatic carbocycles. The molecule has 3 aromatic rings. The van der Waals surface area contributed by atoms with E-state index in [2.05, 4.69) is 9.97 Å². The second-order valence-electron chi connectivity index (χ2n) is 8.12. The van der Waals surface area contributed by atoms with E-state index in [0.29, 0.717) is 30.4 Å². The van der Waals surface area contributed by atoms with Crippen LogP contribution in [0.25, 0.3) is 10.6 Å². The fraction of sp³-hybridized carbons (Fsp3) is 0.360. The summed E-state index contributed by atoms with van der Waals surface area (Å²) in [5, 5.41) is 9.82. The summed E-state index contributed by atoms with van der Waals surface area (Å²) in [5.74, 6) is 0.706. The quantitative estimate of drug-likeness (QED) is 0.329. The van der Waals surface area contributed by atoms with E-state index in [9.17, 15) is 9.59 Å². The number of rotatable bonds is 10. The van der Waals surface area contributed by atoms with Crippen molar-refractivity contribution in [1.29, 1.82) is 0 Å². The van der Waals surface area contributed by atoms with E-state index in [1.165, 1.54) is 16.9 Å². The number of aromatic nitrogens is 2. The Hall–Kier alpha value is -3.26.